The van der Waals surface area contributed by atoms with Crippen LogP contribution in [0.4, 0.5) is 0 Å². The first-order valence-corrected chi connectivity index (χ1v) is 4.20. The molecule has 0 aromatic heterocycles. The topological polar surface area (TPSA) is 43.8 Å². The molecule has 0 amide bonds. The molecule has 1 N–H and O–H groups in total. The van der Waals surface area contributed by atoms with Crippen LogP contribution in [0.1, 0.15) is 6.42 Å². The van der Waals surface area contributed by atoms with Crippen molar-refractivity contribution < 1.29 is 9.90 Å². The fourth-order valence-corrected chi connectivity index (χ4v) is 1.52. The lowest BCUT2D eigenvalue weighted by atomic mass is 10.1. The second-order valence-corrected chi connectivity index (χ2v) is 3.49. The molecule has 70 valence electrons. The summed E-state index contributed by atoms with van der Waals surface area (Å²) in [5, 5.41) is 8.62. The normalized spacial score (nSPS) is 27.3. The lowest BCUT2D eigenvalue weighted by molar-refractivity contribution is -0.138. The van der Waals surface area contributed by atoms with Crippen LogP contribution in [0.25, 0.3) is 0 Å². The number of carboxylic acids is 1. The molecule has 1 atom stereocenters. The summed E-state index contributed by atoms with van der Waals surface area (Å²) in [6, 6.07) is 0.182. The fraction of sp³-hybridized carbons (Fsp3) is 0.875. The summed E-state index contributed by atoms with van der Waals surface area (Å²) in [6.45, 7) is 2.86. The van der Waals surface area contributed by atoms with Crippen LogP contribution in [0.3, 0.4) is 0 Å². The third kappa shape index (κ3) is 2.46. The first-order chi connectivity index (χ1) is 5.59. The van der Waals surface area contributed by atoms with Crippen molar-refractivity contribution in [3.05, 3.63) is 0 Å². The Kier molecular flexibility index (Phi) is 3.05. The van der Waals surface area contributed by atoms with Gasteiger partial charge in [0.1, 0.15) is 0 Å². The van der Waals surface area contributed by atoms with Crippen molar-refractivity contribution in [2.24, 2.45) is 0 Å². The highest BCUT2D eigenvalue weighted by molar-refractivity contribution is 5.67. The summed E-state index contributed by atoms with van der Waals surface area (Å²) in [4.78, 5) is 14.8. The summed E-state index contributed by atoms with van der Waals surface area (Å²) in [5.41, 5.74) is 0. The number of rotatable bonds is 2. The molecule has 4 heteroatoms. The molecule has 4 nitrogen and oxygen atoms in total. The average molecular weight is 172 g/mol. The van der Waals surface area contributed by atoms with Crippen LogP contribution in [0.15, 0.2) is 0 Å². The number of aliphatic carboxylic acids is 1. The Hall–Kier alpha value is -0.610. The summed E-state index contributed by atoms with van der Waals surface area (Å²) >= 11 is 0. The zero-order valence-corrected chi connectivity index (χ0v) is 7.66. The third-order valence-electron chi connectivity index (χ3n) is 2.39. The molecule has 0 saturated carbocycles. The van der Waals surface area contributed by atoms with Crippen LogP contribution in [0.2, 0.25) is 0 Å². The lowest BCUT2D eigenvalue weighted by Crippen LogP contribution is -2.50. The van der Waals surface area contributed by atoms with Crippen LogP contribution >= 0.6 is 0 Å². The minimum absolute atomic E-state index is 0.182. The second kappa shape index (κ2) is 3.87. The maximum absolute atomic E-state index is 10.5. The van der Waals surface area contributed by atoms with Gasteiger partial charge >= 0.3 is 5.97 Å². The zero-order chi connectivity index (χ0) is 9.14. The minimum atomic E-state index is -0.706. The molecule has 1 fully saturated rings. The molecule has 0 bridgehead atoms. The van der Waals surface area contributed by atoms with Gasteiger partial charge in [0, 0.05) is 25.7 Å². The van der Waals surface area contributed by atoms with Gasteiger partial charge in [-0.3, -0.25) is 4.79 Å². The summed E-state index contributed by atoms with van der Waals surface area (Å²) in [5.74, 6) is -0.706. The van der Waals surface area contributed by atoms with E-state index in [1.54, 1.807) is 0 Å². The predicted octanol–water partition coefficient (Wildman–Crippen LogP) is -0.293. The van der Waals surface area contributed by atoms with E-state index in [0.717, 1.165) is 19.6 Å². The molecule has 1 aliphatic heterocycles. The van der Waals surface area contributed by atoms with Crippen LogP contribution in [0, 0.1) is 0 Å². The van der Waals surface area contributed by atoms with Gasteiger partial charge in [-0.05, 0) is 14.1 Å². The number of hydrogen-bond donors (Lipinski definition) is 1. The maximum Gasteiger partial charge on any atom is 0.304 e. The standard InChI is InChI=1S/C8H16N2O2/c1-9-3-4-10(2)7(6-9)5-8(11)12/h7H,3-6H2,1-2H3,(H,11,12)/t7-/m0/s1. The number of likely N-dealkylation sites (N-methyl/N-ethyl adjacent to an activating group) is 2. The lowest BCUT2D eigenvalue weighted by Gasteiger charge is -2.36. The maximum atomic E-state index is 10.5. The summed E-state index contributed by atoms with van der Waals surface area (Å²) in [6.07, 6.45) is 0.251. The highest BCUT2D eigenvalue weighted by Gasteiger charge is 2.23. The van der Waals surface area contributed by atoms with Crippen molar-refractivity contribution in [2.75, 3.05) is 33.7 Å². The highest BCUT2D eigenvalue weighted by Crippen LogP contribution is 2.08. The Bertz CT molecular complexity index is 172. The molecule has 0 aromatic rings. The van der Waals surface area contributed by atoms with Gasteiger partial charge in [-0.1, -0.05) is 0 Å². The molecule has 0 aromatic carbocycles. The van der Waals surface area contributed by atoms with E-state index in [1.165, 1.54) is 0 Å². The van der Waals surface area contributed by atoms with Gasteiger partial charge in [0.05, 0.1) is 6.42 Å². The smallest absolute Gasteiger partial charge is 0.304 e. The first kappa shape index (κ1) is 9.48. The van der Waals surface area contributed by atoms with Crippen molar-refractivity contribution in [3.8, 4) is 0 Å². The average Bonchev–Trinajstić information content (AvgIpc) is 1.96. The summed E-state index contributed by atoms with van der Waals surface area (Å²) < 4.78 is 0. The van der Waals surface area contributed by atoms with Gasteiger partial charge in [-0.25, -0.2) is 0 Å². The Morgan fingerprint density at radius 2 is 2.17 bits per heavy atom. The van der Waals surface area contributed by atoms with Crippen LogP contribution in [-0.2, 0) is 4.79 Å². The van der Waals surface area contributed by atoms with Crippen LogP contribution in [-0.4, -0.2) is 60.6 Å². The molecule has 12 heavy (non-hydrogen) atoms. The zero-order valence-electron chi connectivity index (χ0n) is 7.66. The van der Waals surface area contributed by atoms with Gasteiger partial charge in [0.15, 0.2) is 0 Å². The van der Waals surface area contributed by atoms with Gasteiger partial charge in [-0.15, -0.1) is 0 Å². The number of carboxylic acid groups (broad SMARTS) is 1. The van der Waals surface area contributed by atoms with Crippen molar-refractivity contribution in [2.45, 2.75) is 12.5 Å². The number of carbonyl (C=O) groups is 1. The molecule has 1 aliphatic rings. The Morgan fingerprint density at radius 3 is 2.75 bits per heavy atom. The van der Waals surface area contributed by atoms with E-state index in [0.29, 0.717) is 0 Å². The van der Waals surface area contributed by atoms with Crippen molar-refractivity contribution in [1.29, 1.82) is 0 Å². The van der Waals surface area contributed by atoms with Crippen molar-refractivity contribution in [1.82, 2.24) is 9.80 Å². The SMILES string of the molecule is CN1CCN(C)[C@@H](CC(=O)O)C1. The van der Waals surface area contributed by atoms with E-state index in [4.69, 9.17) is 5.11 Å². The fourth-order valence-electron chi connectivity index (χ4n) is 1.52. The van der Waals surface area contributed by atoms with Crippen molar-refractivity contribution >= 4 is 5.97 Å². The van der Waals surface area contributed by atoms with Crippen LogP contribution in [0.5, 0.6) is 0 Å². The quantitative estimate of drug-likeness (QED) is 0.621. The molecule has 0 radical (unpaired) electrons. The van der Waals surface area contributed by atoms with Crippen molar-refractivity contribution in [3.63, 3.8) is 0 Å². The molecule has 0 spiro atoms. The summed E-state index contributed by atoms with van der Waals surface area (Å²) in [7, 11) is 4.02. The molecule has 0 unspecified atom stereocenters. The molecule has 1 heterocycles. The number of hydrogen-bond acceptors (Lipinski definition) is 3. The van der Waals surface area contributed by atoms with E-state index in [1.807, 2.05) is 14.1 Å². The van der Waals surface area contributed by atoms with Gasteiger partial charge in [0.25, 0.3) is 0 Å². The van der Waals surface area contributed by atoms with Gasteiger partial charge in [0.2, 0.25) is 0 Å². The molecule has 1 saturated heterocycles. The molecule has 1 rings (SSSR count). The number of piperazine rings is 1. The van der Waals surface area contributed by atoms with E-state index < -0.39 is 5.97 Å². The predicted molar refractivity (Wildman–Crippen MR) is 46.2 cm³/mol. The second-order valence-electron chi connectivity index (χ2n) is 3.49. The molecular formula is C8H16N2O2. The molecular weight excluding hydrogens is 156 g/mol. The van der Waals surface area contributed by atoms with E-state index in [9.17, 15) is 4.79 Å². The largest absolute Gasteiger partial charge is 0.481 e. The van der Waals surface area contributed by atoms with Gasteiger partial charge < -0.3 is 14.9 Å². The first-order valence-electron chi connectivity index (χ1n) is 4.20. The van der Waals surface area contributed by atoms with E-state index in [2.05, 4.69) is 9.80 Å². The minimum Gasteiger partial charge on any atom is -0.481 e. The van der Waals surface area contributed by atoms with E-state index >= 15 is 0 Å². The monoisotopic (exact) mass is 172 g/mol. The molecule has 0 aliphatic carbocycles. The van der Waals surface area contributed by atoms with E-state index in [-0.39, 0.29) is 12.5 Å². The highest BCUT2D eigenvalue weighted by atomic mass is 16.4. The Labute approximate surface area is 72.8 Å². The van der Waals surface area contributed by atoms with Crippen LogP contribution < -0.4 is 0 Å². The van der Waals surface area contributed by atoms with Gasteiger partial charge in [-0.2, -0.15) is 0 Å². The Morgan fingerprint density at radius 1 is 1.50 bits per heavy atom. The number of nitrogens with zero attached hydrogens (tertiary/aromatic N) is 2. The third-order valence-corrected chi connectivity index (χ3v) is 2.39. The Balaban J connectivity index is 2.43.